The van der Waals surface area contributed by atoms with E-state index in [2.05, 4.69) is 12.1 Å². The molecule has 0 amide bonds. The normalized spacial score (nSPS) is 20.8. The molecule has 2 aromatic carbocycles. The fourth-order valence-corrected chi connectivity index (χ4v) is 3.63. The molecule has 0 spiro atoms. The smallest absolute Gasteiger partial charge is 0.121 e. The maximum absolute atomic E-state index is 9.68. The Morgan fingerprint density at radius 3 is 1.60 bits per heavy atom. The van der Waals surface area contributed by atoms with E-state index in [-0.39, 0.29) is 89.8 Å². The van der Waals surface area contributed by atoms with Crippen molar-refractivity contribution in [2.45, 2.75) is 76.8 Å². The minimum Gasteiger partial charge on any atom is -0.513 e. The molecule has 2 heterocycles. The summed E-state index contributed by atoms with van der Waals surface area (Å²) >= 11 is 0. The largest absolute Gasteiger partial charge is 0.513 e. The number of ether oxygens (including phenoxy) is 2. The Hall–Kier alpha value is 0.168. The molecule has 0 unspecified atom stereocenters. The minimum atomic E-state index is -0.340. The standard InChI is InChI=1S/2C12H15O2.2Y/c2*1-2-10(13)12-8-7-9-5-3-4-6-11(9)14-12;;/h2*4-6,10,12-13H,2,7-8H2,1H3;;/q2*-1;;/t2*10-,12+;;/m10../s1. The van der Waals surface area contributed by atoms with Gasteiger partial charge in [-0.2, -0.15) is 36.4 Å². The van der Waals surface area contributed by atoms with E-state index in [0.29, 0.717) is 0 Å². The van der Waals surface area contributed by atoms with E-state index in [0.717, 1.165) is 50.0 Å². The van der Waals surface area contributed by atoms with Gasteiger partial charge in [0, 0.05) is 76.9 Å². The molecule has 2 aliphatic rings. The van der Waals surface area contributed by atoms with E-state index in [1.165, 1.54) is 11.1 Å². The molecule has 4 rings (SSSR count). The average Bonchev–Trinajstić information content (AvgIpc) is 2.77. The summed E-state index contributed by atoms with van der Waals surface area (Å²) in [5.41, 5.74) is 2.40. The number of aliphatic hydroxyl groups is 2. The molecule has 2 aromatic rings. The molecular formula is C24H30O4Y2-2. The van der Waals surface area contributed by atoms with Crippen molar-refractivity contribution in [1.82, 2.24) is 0 Å². The maximum atomic E-state index is 9.68. The van der Waals surface area contributed by atoms with Gasteiger partial charge in [0.15, 0.2) is 0 Å². The van der Waals surface area contributed by atoms with Crippen LogP contribution >= 0.6 is 0 Å². The summed E-state index contributed by atoms with van der Waals surface area (Å²) in [6.45, 7) is 3.95. The Bertz CT molecular complexity index is 692. The molecule has 4 nitrogen and oxygen atoms in total. The zero-order chi connectivity index (χ0) is 19.9. The Morgan fingerprint density at radius 1 is 0.833 bits per heavy atom. The predicted molar refractivity (Wildman–Crippen MR) is 109 cm³/mol. The van der Waals surface area contributed by atoms with Crippen LogP contribution in [0, 0.1) is 12.1 Å². The van der Waals surface area contributed by atoms with Crippen molar-refractivity contribution in [3.8, 4) is 11.5 Å². The summed E-state index contributed by atoms with van der Waals surface area (Å²) in [5, 5.41) is 19.4. The van der Waals surface area contributed by atoms with E-state index in [1.807, 2.05) is 50.2 Å². The molecule has 0 saturated carbocycles. The van der Waals surface area contributed by atoms with Crippen molar-refractivity contribution in [3.63, 3.8) is 0 Å². The number of hydrogen-bond acceptors (Lipinski definition) is 4. The van der Waals surface area contributed by atoms with Crippen LogP contribution in [0.1, 0.15) is 50.7 Å². The summed E-state index contributed by atoms with van der Waals surface area (Å²) in [5.74, 6) is 1.82. The van der Waals surface area contributed by atoms with E-state index in [4.69, 9.17) is 9.47 Å². The predicted octanol–water partition coefficient (Wildman–Crippen LogP) is 3.90. The number of benzene rings is 2. The van der Waals surface area contributed by atoms with Crippen LogP contribution in [0.25, 0.3) is 0 Å². The van der Waals surface area contributed by atoms with Gasteiger partial charge >= 0.3 is 0 Å². The second-order valence-corrected chi connectivity index (χ2v) is 7.41. The summed E-state index contributed by atoms with van der Waals surface area (Å²) in [7, 11) is 0. The molecule has 6 heteroatoms. The van der Waals surface area contributed by atoms with Crippen molar-refractivity contribution in [2.75, 3.05) is 0 Å². The molecule has 2 aliphatic heterocycles. The molecule has 2 radical (unpaired) electrons. The quantitative estimate of drug-likeness (QED) is 0.558. The molecule has 158 valence electrons. The van der Waals surface area contributed by atoms with Crippen LogP contribution in [-0.2, 0) is 78.3 Å². The van der Waals surface area contributed by atoms with Crippen LogP contribution < -0.4 is 9.47 Å². The fourth-order valence-electron chi connectivity index (χ4n) is 3.63. The van der Waals surface area contributed by atoms with Crippen LogP contribution in [0.2, 0.25) is 0 Å². The minimum absolute atomic E-state index is 0. The third kappa shape index (κ3) is 7.64. The van der Waals surface area contributed by atoms with Gasteiger partial charge in [0.25, 0.3) is 0 Å². The summed E-state index contributed by atoms with van der Waals surface area (Å²) < 4.78 is 11.4. The van der Waals surface area contributed by atoms with Gasteiger partial charge in [-0.3, -0.25) is 0 Å². The maximum Gasteiger partial charge on any atom is 0.121 e. The summed E-state index contributed by atoms with van der Waals surface area (Å²) in [4.78, 5) is 0. The molecule has 30 heavy (non-hydrogen) atoms. The fraction of sp³-hybridized carbons (Fsp3) is 0.500. The molecule has 0 bridgehead atoms. The average molecular weight is 560 g/mol. The van der Waals surface area contributed by atoms with Crippen LogP contribution in [0.4, 0.5) is 0 Å². The number of rotatable bonds is 4. The van der Waals surface area contributed by atoms with E-state index in [9.17, 15) is 10.2 Å². The van der Waals surface area contributed by atoms with Crippen molar-refractivity contribution >= 4 is 0 Å². The van der Waals surface area contributed by atoms with Gasteiger partial charge in [0.05, 0.1) is 12.2 Å². The SMILES string of the molecule is CC[C@@H](O)[C@@H]1CCc2c[c-]ccc2O1.CC[C@H](O)[C@H]1CCc2c[c-]ccc2O1.[Y].[Y]. The molecule has 0 aromatic heterocycles. The number of aryl methyl sites for hydroxylation is 2. The second kappa shape index (κ2) is 14.3. The summed E-state index contributed by atoms with van der Waals surface area (Å²) in [6.07, 6.45) is 4.52. The van der Waals surface area contributed by atoms with Gasteiger partial charge in [0.1, 0.15) is 12.2 Å². The van der Waals surface area contributed by atoms with Crippen molar-refractivity contribution in [1.29, 1.82) is 0 Å². The zero-order valence-electron chi connectivity index (χ0n) is 17.9. The Morgan fingerprint density at radius 2 is 1.23 bits per heavy atom. The molecule has 0 saturated heterocycles. The first-order valence-corrected chi connectivity index (χ1v) is 10.3. The van der Waals surface area contributed by atoms with E-state index >= 15 is 0 Å². The third-order valence-corrected chi connectivity index (χ3v) is 5.46. The first-order valence-electron chi connectivity index (χ1n) is 10.3. The van der Waals surface area contributed by atoms with Gasteiger partial charge in [-0.25, -0.2) is 0 Å². The molecule has 0 fully saturated rings. The third-order valence-electron chi connectivity index (χ3n) is 5.46. The van der Waals surface area contributed by atoms with E-state index < -0.39 is 0 Å². The second-order valence-electron chi connectivity index (χ2n) is 7.41. The summed E-state index contributed by atoms with van der Waals surface area (Å²) in [6, 6.07) is 17.5. The molecule has 2 N–H and O–H groups in total. The number of hydrogen-bond donors (Lipinski definition) is 2. The Balaban J connectivity index is 0.000000281. The molecule has 4 atom stereocenters. The van der Waals surface area contributed by atoms with Gasteiger partial charge < -0.3 is 19.7 Å². The number of aliphatic hydroxyl groups excluding tert-OH is 2. The van der Waals surface area contributed by atoms with Gasteiger partial charge in [-0.05, 0) is 25.7 Å². The first-order chi connectivity index (χ1) is 13.6. The van der Waals surface area contributed by atoms with Crippen molar-refractivity contribution < 1.29 is 85.1 Å². The van der Waals surface area contributed by atoms with E-state index in [1.54, 1.807) is 0 Å². The van der Waals surface area contributed by atoms with Crippen LogP contribution in [0.15, 0.2) is 36.4 Å². The molecular weight excluding hydrogens is 530 g/mol. The van der Waals surface area contributed by atoms with Crippen molar-refractivity contribution in [3.05, 3.63) is 59.7 Å². The Kier molecular flexibility index (Phi) is 13.5. The monoisotopic (exact) mass is 560 g/mol. The van der Waals surface area contributed by atoms with Gasteiger partial charge in [-0.1, -0.05) is 26.7 Å². The number of fused-ring (bicyclic) bond motifs is 2. The van der Waals surface area contributed by atoms with Crippen LogP contribution in [0.5, 0.6) is 11.5 Å². The molecule has 0 aliphatic carbocycles. The first kappa shape index (κ1) is 28.2. The van der Waals surface area contributed by atoms with Gasteiger partial charge in [-0.15, -0.1) is 23.3 Å². The van der Waals surface area contributed by atoms with Crippen LogP contribution in [-0.4, -0.2) is 34.6 Å². The van der Waals surface area contributed by atoms with Gasteiger partial charge in [0.2, 0.25) is 0 Å². The van der Waals surface area contributed by atoms with Crippen LogP contribution in [0.3, 0.4) is 0 Å². The topological polar surface area (TPSA) is 58.9 Å². The Labute approximate surface area is 230 Å². The van der Waals surface area contributed by atoms with Crippen molar-refractivity contribution in [2.24, 2.45) is 0 Å². The zero-order valence-corrected chi connectivity index (χ0v) is 23.6.